The fraction of sp³-hybridized carbons (Fsp3) is 0.385. The van der Waals surface area contributed by atoms with Crippen molar-refractivity contribution in [2.75, 3.05) is 13.2 Å². The van der Waals surface area contributed by atoms with Crippen molar-refractivity contribution in [1.82, 2.24) is 5.32 Å². The summed E-state index contributed by atoms with van der Waals surface area (Å²) < 4.78 is 0. The third kappa shape index (κ3) is 5.68. The minimum absolute atomic E-state index is 0.0896. The van der Waals surface area contributed by atoms with Crippen LogP contribution in [0.3, 0.4) is 0 Å². The highest BCUT2D eigenvalue weighted by molar-refractivity contribution is 6.33. The summed E-state index contributed by atoms with van der Waals surface area (Å²) in [4.78, 5) is 16.2. The van der Waals surface area contributed by atoms with Gasteiger partial charge in [0.15, 0.2) is 6.61 Å². The molecular weight excluding hydrogens is 252 g/mol. The lowest BCUT2D eigenvalue weighted by Crippen LogP contribution is -2.30. The van der Waals surface area contributed by atoms with Gasteiger partial charge in [-0.2, -0.15) is 0 Å². The Morgan fingerprint density at radius 3 is 2.89 bits per heavy atom. The number of oxime groups is 1. The van der Waals surface area contributed by atoms with Gasteiger partial charge in [0.05, 0.1) is 6.21 Å². The summed E-state index contributed by atoms with van der Waals surface area (Å²) in [6, 6.07) is 7.26. The van der Waals surface area contributed by atoms with Crippen molar-refractivity contribution < 1.29 is 9.63 Å². The predicted molar refractivity (Wildman–Crippen MR) is 72.8 cm³/mol. The topological polar surface area (TPSA) is 50.7 Å². The number of halogens is 1. The van der Waals surface area contributed by atoms with Gasteiger partial charge in [0.1, 0.15) is 0 Å². The zero-order valence-corrected chi connectivity index (χ0v) is 11.3. The van der Waals surface area contributed by atoms with E-state index < -0.39 is 0 Å². The van der Waals surface area contributed by atoms with Gasteiger partial charge in [-0.3, -0.25) is 4.79 Å². The second kappa shape index (κ2) is 7.71. The summed E-state index contributed by atoms with van der Waals surface area (Å²) in [5.41, 5.74) is 0.752. The number of benzene rings is 1. The van der Waals surface area contributed by atoms with Crippen LogP contribution in [0.25, 0.3) is 0 Å². The van der Waals surface area contributed by atoms with Gasteiger partial charge in [-0.25, -0.2) is 0 Å². The molecule has 1 aromatic carbocycles. The predicted octanol–water partition coefficient (Wildman–Crippen LogP) is 2.46. The molecule has 18 heavy (non-hydrogen) atoms. The molecule has 4 nitrogen and oxygen atoms in total. The first-order valence-corrected chi connectivity index (χ1v) is 6.14. The van der Waals surface area contributed by atoms with Gasteiger partial charge in [-0.1, -0.05) is 48.8 Å². The summed E-state index contributed by atoms with van der Waals surface area (Å²) in [6.07, 6.45) is 1.48. The van der Waals surface area contributed by atoms with Crippen LogP contribution in [0.2, 0.25) is 5.02 Å². The van der Waals surface area contributed by atoms with Crippen molar-refractivity contribution in [3.05, 3.63) is 34.9 Å². The molecule has 0 radical (unpaired) electrons. The maximum absolute atomic E-state index is 11.3. The van der Waals surface area contributed by atoms with E-state index in [0.29, 0.717) is 17.5 Å². The molecule has 1 amide bonds. The van der Waals surface area contributed by atoms with Gasteiger partial charge in [-0.05, 0) is 12.0 Å². The van der Waals surface area contributed by atoms with Crippen molar-refractivity contribution >= 4 is 23.7 Å². The van der Waals surface area contributed by atoms with Crippen LogP contribution in [0.1, 0.15) is 19.4 Å². The first-order chi connectivity index (χ1) is 8.59. The Bertz CT molecular complexity index is 419. The third-order valence-corrected chi connectivity index (χ3v) is 2.42. The van der Waals surface area contributed by atoms with Crippen LogP contribution >= 0.6 is 11.6 Å². The summed E-state index contributed by atoms with van der Waals surface area (Å²) in [5.74, 6) is 0.237. The van der Waals surface area contributed by atoms with Crippen molar-refractivity contribution in [3.8, 4) is 0 Å². The van der Waals surface area contributed by atoms with E-state index >= 15 is 0 Å². The molecule has 0 aliphatic carbocycles. The second-order valence-electron chi connectivity index (χ2n) is 4.23. The highest BCUT2D eigenvalue weighted by Gasteiger charge is 2.01. The Balaban J connectivity index is 2.29. The van der Waals surface area contributed by atoms with E-state index in [1.165, 1.54) is 6.21 Å². The van der Waals surface area contributed by atoms with E-state index in [-0.39, 0.29) is 12.5 Å². The molecule has 0 atom stereocenters. The fourth-order valence-corrected chi connectivity index (χ4v) is 1.32. The Labute approximate surface area is 112 Å². The van der Waals surface area contributed by atoms with Crippen molar-refractivity contribution in [2.24, 2.45) is 11.1 Å². The van der Waals surface area contributed by atoms with Crippen LogP contribution in [-0.4, -0.2) is 25.3 Å². The average molecular weight is 269 g/mol. The van der Waals surface area contributed by atoms with E-state index in [4.69, 9.17) is 16.4 Å². The Kier molecular flexibility index (Phi) is 6.22. The molecule has 0 saturated carbocycles. The molecule has 0 aliphatic heterocycles. The SMILES string of the molecule is CC(C)CNC(=O)CO/N=C/c1ccccc1Cl. The number of hydrogen-bond acceptors (Lipinski definition) is 3. The van der Waals surface area contributed by atoms with Gasteiger partial charge in [0.25, 0.3) is 5.91 Å². The lowest BCUT2D eigenvalue weighted by Gasteiger charge is -2.06. The lowest BCUT2D eigenvalue weighted by molar-refractivity contribution is -0.125. The van der Waals surface area contributed by atoms with Crippen LogP contribution in [0.5, 0.6) is 0 Å². The van der Waals surface area contributed by atoms with Gasteiger partial charge in [0.2, 0.25) is 0 Å². The first kappa shape index (κ1) is 14.5. The van der Waals surface area contributed by atoms with Crippen molar-refractivity contribution in [1.29, 1.82) is 0 Å². The van der Waals surface area contributed by atoms with E-state index in [0.717, 1.165) is 5.56 Å². The zero-order chi connectivity index (χ0) is 13.4. The standard InChI is InChI=1S/C13H17ClN2O2/c1-10(2)7-15-13(17)9-18-16-8-11-5-3-4-6-12(11)14/h3-6,8,10H,7,9H2,1-2H3,(H,15,17)/b16-8+. The average Bonchev–Trinajstić information content (AvgIpc) is 2.34. The van der Waals surface area contributed by atoms with Gasteiger partial charge in [0, 0.05) is 17.1 Å². The molecule has 1 aromatic rings. The molecule has 0 spiro atoms. The van der Waals surface area contributed by atoms with Gasteiger partial charge < -0.3 is 10.2 Å². The molecule has 0 fully saturated rings. The number of amides is 1. The molecule has 0 unspecified atom stereocenters. The number of hydrogen-bond donors (Lipinski definition) is 1. The number of rotatable bonds is 6. The summed E-state index contributed by atoms with van der Waals surface area (Å²) in [6.45, 7) is 4.59. The maximum atomic E-state index is 11.3. The van der Waals surface area contributed by atoms with E-state index in [1.54, 1.807) is 6.07 Å². The molecular formula is C13H17ClN2O2. The van der Waals surface area contributed by atoms with Crippen molar-refractivity contribution in [2.45, 2.75) is 13.8 Å². The van der Waals surface area contributed by atoms with E-state index in [9.17, 15) is 4.79 Å². The van der Waals surface area contributed by atoms with Crippen LogP contribution in [0.4, 0.5) is 0 Å². The summed E-state index contributed by atoms with van der Waals surface area (Å²) >= 11 is 5.92. The fourth-order valence-electron chi connectivity index (χ4n) is 1.14. The van der Waals surface area contributed by atoms with Gasteiger partial charge >= 0.3 is 0 Å². The van der Waals surface area contributed by atoms with Crippen LogP contribution < -0.4 is 5.32 Å². The smallest absolute Gasteiger partial charge is 0.260 e. The Morgan fingerprint density at radius 1 is 1.50 bits per heavy atom. The quantitative estimate of drug-likeness (QED) is 0.636. The minimum Gasteiger partial charge on any atom is -0.386 e. The van der Waals surface area contributed by atoms with Crippen LogP contribution in [0.15, 0.2) is 29.4 Å². The minimum atomic E-state index is -0.181. The molecule has 0 saturated heterocycles. The highest BCUT2D eigenvalue weighted by atomic mass is 35.5. The molecule has 0 aromatic heterocycles. The number of carbonyl (C=O) groups excluding carboxylic acids is 1. The number of nitrogens with zero attached hydrogens (tertiary/aromatic N) is 1. The van der Waals surface area contributed by atoms with Crippen LogP contribution in [0, 0.1) is 5.92 Å². The summed E-state index contributed by atoms with van der Waals surface area (Å²) in [7, 11) is 0. The molecule has 5 heteroatoms. The molecule has 0 aliphatic rings. The normalized spacial score (nSPS) is 10.9. The van der Waals surface area contributed by atoms with E-state index in [2.05, 4.69) is 10.5 Å². The van der Waals surface area contributed by atoms with E-state index in [1.807, 2.05) is 32.0 Å². The maximum Gasteiger partial charge on any atom is 0.260 e. The zero-order valence-electron chi connectivity index (χ0n) is 10.5. The highest BCUT2D eigenvalue weighted by Crippen LogP contribution is 2.12. The number of nitrogens with one attached hydrogen (secondary N) is 1. The van der Waals surface area contributed by atoms with Crippen molar-refractivity contribution in [3.63, 3.8) is 0 Å². The monoisotopic (exact) mass is 268 g/mol. The number of carbonyl (C=O) groups is 1. The molecule has 98 valence electrons. The summed E-state index contributed by atoms with van der Waals surface area (Å²) in [5, 5.41) is 7.02. The molecule has 0 bridgehead atoms. The first-order valence-electron chi connectivity index (χ1n) is 5.76. The molecule has 1 N–H and O–H groups in total. The Hall–Kier alpha value is -1.55. The lowest BCUT2D eigenvalue weighted by atomic mass is 10.2. The Morgan fingerprint density at radius 2 is 2.22 bits per heavy atom. The van der Waals surface area contributed by atoms with Gasteiger partial charge in [-0.15, -0.1) is 0 Å². The molecule has 1 rings (SSSR count). The second-order valence-corrected chi connectivity index (χ2v) is 4.63. The van der Waals surface area contributed by atoms with Crippen LogP contribution in [-0.2, 0) is 9.63 Å². The largest absolute Gasteiger partial charge is 0.386 e. The molecule has 0 heterocycles. The third-order valence-electron chi connectivity index (χ3n) is 2.07.